The summed E-state index contributed by atoms with van der Waals surface area (Å²) in [4.78, 5) is 4.49. The molecule has 1 aromatic heterocycles. The number of nitrogens with zero attached hydrogens (tertiary/aromatic N) is 1. The van der Waals surface area contributed by atoms with Crippen LogP contribution in [-0.2, 0) is 6.42 Å². The monoisotopic (exact) mass is 184 g/mol. The van der Waals surface area contributed by atoms with Crippen LogP contribution in [0, 0.1) is 0 Å². The Balaban J connectivity index is 2.74. The van der Waals surface area contributed by atoms with Crippen molar-refractivity contribution in [2.75, 3.05) is 0 Å². The lowest BCUT2D eigenvalue weighted by atomic mass is 10.1. The molecule has 1 heterocycles. The highest BCUT2D eigenvalue weighted by Gasteiger charge is 2.13. The van der Waals surface area contributed by atoms with Crippen LogP contribution in [0.15, 0.2) is 5.38 Å². The Morgan fingerprint density at radius 3 is 2.67 bits per heavy atom. The highest BCUT2D eigenvalue weighted by atomic mass is 32.1. The van der Waals surface area contributed by atoms with E-state index in [1.54, 1.807) is 11.3 Å². The van der Waals surface area contributed by atoms with E-state index < -0.39 is 0 Å². The van der Waals surface area contributed by atoms with Crippen LogP contribution in [0.4, 0.5) is 0 Å². The lowest BCUT2D eigenvalue weighted by molar-refractivity contribution is 0.608. The van der Waals surface area contributed by atoms with Gasteiger partial charge in [-0.25, -0.2) is 4.98 Å². The van der Waals surface area contributed by atoms with Crippen molar-refractivity contribution < 1.29 is 0 Å². The molecule has 1 rings (SSSR count). The van der Waals surface area contributed by atoms with Gasteiger partial charge in [-0.15, -0.1) is 11.3 Å². The molecule has 1 aromatic rings. The zero-order valence-corrected chi connectivity index (χ0v) is 8.69. The fraction of sp³-hybridized carbons (Fsp3) is 0.667. The summed E-state index contributed by atoms with van der Waals surface area (Å²) >= 11 is 1.72. The van der Waals surface area contributed by atoms with E-state index in [2.05, 4.69) is 24.2 Å². The lowest BCUT2D eigenvalue weighted by Crippen LogP contribution is -2.22. The molecular weight excluding hydrogens is 168 g/mol. The zero-order valence-electron chi connectivity index (χ0n) is 7.87. The first-order chi connectivity index (χ1) is 5.65. The van der Waals surface area contributed by atoms with Gasteiger partial charge in [0.25, 0.3) is 0 Å². The quantitative estimate of drug-likeness (QED) is 0.781. The topological polar surface area (TPSA) is 38.9 Å². The fourth-order valence-corrected chi connectivity index (χ4v) is 1.99. The van der Waals surface area contributed by atoms with Gasteiger partial charge in [-0.2, -0.15) is 0 Å². The Labute approximate surface area is 77.8 Å². The average Bonchev–Trinajstić information content (AvgIpc) is 2.50. The number of hydrogen-bond donors (Lipinski definition) is 1. The first-order valence-electron chi connectivity index (χ1n) is 4.35. The van der Waals surface area contributed by atoms with Gasteiger partial charge in [-0.05, 0) is 13.3 Å². The Morgan fingerprint density at radius 1 is 1.58 bits per heavy atom. The molecule has 0 aromatic carbocycles. The van der Waals surface area contributed by atoms with Crippen molar-refractivity contribution >= 4 is 11.3 Å². The molecule has 0 aliphatic carbocycles. The van der Waals surface area contributed by atoms with E-state index in [1.807, 2.05) is 6.92 Å². The summed E-state index contributed by atoms with van der Waals surface area (Å²) in [6.07, 6.45) is 1.02. The van der Waals surface area contributed by atoms with E-state index >= 15 is 0 Å². The molecule has 0 saturated carbocycles. The molecule has 2 unspecified atom stereocenters. The Hall–Kier alpha value is -0.410. The van der Waals surface area contributed by atoms with Gasteiger partial charge in [0.2, 0.25) is 0 Å². The number of aromatic nitrogens is 1. The molecule has 2 N–H and O–H groups in total. The molecule has 0 bridgehead atoms. The minimum Gasteiger partial charge on any atom is -0.327 e. The summed E-state index contributed by atoms with van der Waals surface area (Å²) in [6, 6.07) is 0.195. The third-order valence-electron chi connectivity index (χ3n) is 2.11. The van der Waals surface area contributed by atoms with Gasteiger partial charge in [0.15, 0.2) is 0 Å². The molecule has 0 aliphatic rings. The van der Waals surface area contributed by atoms with Crippen molar-refractivity contribution in [2.24, 2.45) is 5.73 Å². The molecule has 0 saturated heterocycles. The van der Waals surface area contributed by atoms with Crippen LogP contribution in [0.1, 0.15) is 37.4 Å². The van der Waals surface area contributed by atoms with Crippen LogP contribution >= 0.6 is 11.3 Å². The Bertz CT molecular complexity index is 242. The van der Waals surface area contributed by atoms with Gasteiger partial charge in [-0.1, -0.05) is 13.8 Å². The number of thiazole rings is 1. The van der Waals surface area contributed by atoms with Gasteiger partial charge in [0, 0.05) is 17.3 Å². The summed E-state index contributed by atoms with van der Waals surface area (Å²) in [7, 11) is 0. The average molecular weight is 184 g/mol. The maximum absolute atomic E-state index is 5.79. The summed E-state index contributed by atoms with van der Waals surface area (Å²) in [5, 5.41) is 3.29. The van der Waals surface area contributed by atoms with Crippen LogP contribution < -0.4 is 5.73 Å². The van der Waals surface area contributed by atoms with Crippen molar-refractivity contribution in [3.05, 3.63) is 16.1 Å². The van der Waals surface area contributed by atoms with Gasteiger partial charge in [-0.3, -0.25) is 0 Å². The van der Waals surface area contributed by atoms with Crippen molar-refractivity contribution in [3.63, 3.8) is 0 Å². The third kappa shape index (κ3) is 2.05. The van der Waals surface area contributed by atoms with Crippen LogP contribution in [0.2, 0.25) is 0 Å². The standard InChI is InChI=1S/C9H16N2S/c1-4-8-5-12-9(11-8)6(2)7(3)10/h5-7H,4,10H2,1-3H3. The predicted molar refractivity (Wildman–Crippen MR) is 53.6 cm³/mol. The highest BCUT2D eigenvalue weighted by molar-refractivity contribution is 7.09. The van der Waals surface area contributed by atoms with E-state index in [-0.39, 0.29) is 6.04 Å². The first kappa shape index (κ1) is 9.68. The molecule has 12 heavy (non-hydrogen) atoms. The summed E-state index contributed by atoms with van der Waals surface area (Å²) in [5.41, 5.74) is 6.97. The summed E-state index contributed by atoms with van der Waals surface area (Å²) in [5.74, 6) is 0.385. The molecule has 0 spiro atoms. The maximum Gasteiger partial charge on any atom is 0.0971 e. The Kier molecular flexibility index (Phi) is 3.23. The van der Waals surface area contributed by atoms with Crippen molar-refractivity contribution in [2.45, 2.75) is 39.2 Å². The minimum atomic E-state index is 0.195. The maximum atomic E-state index is 5.79. The predicted octanol–water partition coefficient (Wildman–Crippen LogP) is 2.16. The van der Waals surface area contributed by atoms with Gasteiger partial charge in [0.1, 0.15) is 0 Å². The van der Waals surface area contributed by atoms with E-state index in [1.165, 1.54) is 10.7 Å². The smallest absolute Gasteiger partial charge is 0.0971 e. The van der Waals surface area contributed by atoms with E-state index in [4.69, 9.17) is 5.73 Å². The molecule has 0 aliphatic heterocycles. The highest BCUT2D eigenvalue weighted by Crippen LogP contribution is 2.22. The molecule has 2 nitrogen and oxygen atoms in total. The lowest BCUT2D eigenvalue weighted by Gasteiger charge is -2.11. The third-order valence-corrected chi connectivity index (χ3v) is 3.20. The van der Waals surface area contributed by atoms with Crippen molar-refractivity contribution in [1.82, 2.24) is 4.98 Å². The van der Waals surface area contributed by atoms with Crippen molar-refractivity contribution in [3.8, 4) is 0 Å². The van der Waals surface area contributed by atoms with Crippen LogP contribution in [0.5, 0.6) is 0 Å². The van der Waals surface area contributed by atoms with Crippen LogP contribution in [0.25, 0.3) is 0 Å². The number of aryl methyl sites for hydroxylation is 1. The van der Waals surface area contributed by atoms with Crippen LogP contribution in [-0.4, -0.2) is 11.0 Å². The van der Waals surface area contributed by atoms with Crippen LogP contribution in [0.3, 0.4) is 0 Å². The molecule has 3 heteroatoms. The molecular formula is C9H16N2S. The molecule has 68 valence electrons. The van der Waals surface area contributed by atoms with Gasteiger partial charge in [0.05, 0.1) is 10.7 Å². The SMILES string of the molecule is CCc1csc(C(C)C(C)N)n1. The number of rotatable bonds is 3. The van der Waals surface area contributed by atoms with E-state index in [0.29, 0.717) is 5.92 Å². The molecule has 0 fully saturated rings. The normalized spacial score (nSPS) is 16.0. The second-order valence-corrected chi connectivity index (χ2v) is 4.07. The largest absolute Gasteiger partial charge is 0.327 e. The fourth-order valence-electron chi connectivity index (χ4n) is 0.919. The van der Waals surface area contributed by atoms with Gasteiger partial charge < -0.3 is 5.73 Å². The molecule has 0 amide bonds. The second kappa shape index (κ2) is 4.01. The Morgan fingerprint density at radius 2 is 2.25 bits per heavy atom. The van der Waals surface area contributed by atoms with E-state index in [0.717, 1.165) is 6.42 Å². The first-order valence-corrected chi connectivity index (χ1v) is 5.23. The molecule has 0 radical (unpaired) electrons. The zero-order chi connectivity index (χ0) is 9.14. The van der Waals surface area contributed by atoms with Crippen molar-refractivity contribution in [1.29, 1.82) is 0 Å². The summed E-state index contributed by atoms with van der Waals surface area (Å²) in [6.45, 7) is 6.27. The number of nitrogens with two attached hydrogens (primary N) is 1. The number of hydrogen-bond acceptors (Lipinski definition) is 3. The second-order valence-electron chi connectivity index (χ2n) is 3.18. The minimum absolute atomic E-state index is 0.195. The van der Waals surface area contributed by atoms with E-state index in [9.17, 15) is 0 Å². The summed E-state index contributed by atoms with van der Waals surface area (Å²) < 4.78 is 0. The molecule has 2 atom stereocenters. The van der Waals surface area contributed by atoms with Gasteiger partial charge >= 0.3 is 0 Å².